The zero-order chi connectivity index (χ0) is 6.85. The SMILES string of the molecule is Cc1ccc(N)[n+]([O-])c1. The largest absolute Gasteiger partial charge is 0.711 e. The lowest BCUT2D eigenvalue weighted by Gasteiger charge is -2.03. The molecule has 3 nitrogen and oxygen atoms in total. The number of aryl methyl sites for hydroxylation is 1. The van der Waals surface area contributed by atoms with E-state index in [0.717, 1.165) is 5.56 Å². The molecule has 0 saturated heterocycles. The van der Waals surface area contributed by atoms with Crippen LogP contribution < -0.4 is 10.5 Å². The van der Waals surface area contributed by atoms with E-state index in [-0.39, 0.29) is 5.82 Å². The minimum absolute atomic E-state index is 0.237. The summed E-state index contributed by atoms with van der Waals surface area (Å²) in [6.45, 7) is 1.84. The molecule has 0 bridgehead atoms. The van der Waals surface area contributed by atoms with Gasteiger partial charge in [-0.2, -0.15) is 0 Å². The van der Waals surface area contributed by atoms with Crippen molar-refractivity contribution >= 4 is 5.82 Å². The molecule has 3 heteroatoms. The quantitative estimate of drug-likeness (QED) is 0.397. The highest BCUT2D eigenvalue weighted by Crippen LogP contribution is 1.95. The van der Waals surface area contributed by atoms with E-state index in [1.165, 1.54) is 6.20 Å². The van der Waals surface area contributed by atoms with Gasteiger partial charge in [0, 0.05) is 6.07 Å². The predicted octanol–water partition coefficient (Wildman–Crippen LogP) is 0.211. The first-order chi connectivity index (χ1) is 4.20. The standard InChI is InChI=1S/C6H8N2O/c1-5-2-3-6(7)8(9)4-5/h2-4H,7H2,1H3. The lowest BCUT2D eigenvalue weighted by Crippen LogP contribution is -2.29. The summed E-state index contributed by atoms with van der Waals surface area (Å²) in [5.74, 6) is 0.237. The maximum Gasteiger partial charge on any atom is 0.275 e. The summed E-state index contributed by atoms with van der Waals surface area (Å²) < 4.78 is 0.648. The summed E-state index contributed by atoms with van der Waals surface area (Å²) in [5, 5.41) is 10.6. The average molecular weight is 124 g/mol. The minimum atomic E-state index is 0.237. The van der Waals surface area contributed by atoms with Crippen LogP contribution in [-0.4, -0.2) is 0 Å². The highest BCUT2D eigenvalue weighted by molar-refractivity contribution is 5.22. The van der Waals surface area contributed by atoms with Crippen LogP contribution in [0.25, 0.3) is 0 Å². The lowest BCUT2D eigenvalue weighted by atomic mass is 10.3. The molecular formula is C6H8N2O. The van der Waals surface area contributed by atoms with Crippen molar-refractivity contribution in [2.75, 3.05) is 5.73 Å². The average Bonchev–Trinajstić information content (AvgIpc) is 1.80. The third-order valence-electron chi connectivity index (χ3n) is 1.09. The van der Waals surface area contributed by atoms with E-state index in [1.54, 1.807) is 12.1 Å². The van der Waals surface area contributed by atoms with Crippen LogP contribution in [0.1, 0.15) is 5.56 Å². The summed E-state index contributed by atoms with van der Waals surface area (Å²) in [7, 11) is 0. The summed E-state index contributed by atoms with van der Waals surface area (Å²) in [4.78, 5) is 0. The molecule has 1 heterocycles. The van der Waals surface area contributed by atoms with E-state index in [4.69, 9.17) is 5.73 Å². The Bertz CT molecular complexity index is 222. The molecule has 0 aliphatic carbocycles. The van der Waals surface area contributed by atoms with Gasteiger partial charge in [0.25, 0.3) is 5.82 Å². The van der Waals surface area contributed by atoms with Crippen LogP contribution in [0.5, 0.6) is 0 Å². The van der Waals surface area contributed by atoms with Crippen LogP contribution in [0, 0.1) is 12.1 Å². The second kappa shape index (κ2) is 1.93. The smallest absolute Gasteiger partial charge is 0.275 e. The molecule has 0 unspecified atom stereocenters. The van der Waals surface area contributed by atoms with E-state index >= 15 is 0 Å². The van der Waals surface area contributed by atoms with Crippen molar-refractivity contribution in [2.45, 2.75) is 6.92 Å². The van der Waals surface area contributed by atoms with Gasteiger partial charge in [0.05, 0.1) is 6.20 Å². The second-order valence-corrected chi connectivity index (χ2v) is 1.96. The van der Waals surface area contributed by atoms with Crippen LogP contribution in [0.3, 0.4) is 0 Å². The zero-order valence-electron chi connectivity index (χ0n) is 5.16. The van der Waals surface area contributed by atoms with Crippen molar-refractivity contribution in [3.63, 3.8) is 0 Å². The molecule has 0 spiro atoms. The van der Waals surface area contributed by atoms with Crippen LogP contribution in [-0.2, 0) is 0 Å². The van der Waals surface area contributed by atoms with Gasteiger partial charge in [0.1, 0.15) is 0 Å². The predicted molar refractivity (Wildman–Crippen MR) is 34.6 cm³/mol. The van der Waals surface area contributed by atoms with E-state index in [0.29, 0.717) is 4.73 Å². The van der Waals surface area contributed by atoms with Crippen molar-refractivity contribution in [1.82, 2.24) is 0 Å². The molecule has 0 atom stereocenters. The fourth-order valence-electron chi connectivity index (χ4n) is 0.593. The number of nitrogen functional groups attached to an aromatic ring is 1. The molecule has 0 aliphatic rings. The number of nitrogens with two attached hydrogens (primary N) is 1. The van der Waals surface area contributed by atoms with Gasteiger partial charge in [-0.15, -0.1) is 0 Å². The monoisotopic (exact) mass is 124 g/mol. The Morgan fingerprint density at radius 2 is 2.22 bits per heavy atom. The van der Waals surface area contributed by atoms with E-state index < -0.39 is 0 Å². The van der Waals surface area contributed by atoms with Gasteiger partial charge < -0.3 is 5.21 Å². The Labute approximate surface area is 53.3 Å². The van der Waals surface area contributed by atoms with Crippen molar-refractivity contribution in [3.8, 4) is 0 Å². The van der Waals surface area contributed by atoms with Crippen molar-refractivity contribution in [1.29, 1.82) is 0 Å². The summed E-state index contributed by atoms with van der Waals surface area (Å²) in [6.07, 6.45) is 1.44. The Morgan fingerprint density at radius 1 is 1.56 bits per heavy atom. The first-order valence-corrected chi connectivity index (χ1v) is 2.65. The zero-order valence-corrected chi connectivity index (χ0v) is 5.16. The Balaban J connectivity index is 3.17. The Morgan fingerprint density at radius 3 is 2.67 bits per heavy atom. The normalized spacial score (nSPS) is 9.44. The number of aromatic nitrogens is 1. The molecular weight excluding hydrogens is 116 g/mol. The van der Waals surface area contributed by atoms with Gasteiger partial charge >= 0.3 is 0 Å². The highest BCUT2D eigenvalue weighted by Gasteiger charge is 1.92. The maximum absolute atomic E-state index is 10.6. The number of nitrogens with zero attached hydrogens (tertiary/aromatic N) is 1. The van der Waals surface area contributed by atoms with Gasteiger partial charge in [-0.25, -0.2) is 4.73 Å². The molecule has 1 aromatic rings. The van der Waals surface area contributed by atoms with Gasteiger partial charge in [0.15, 0.2) is 0 Å². The van der Waals surface area contributed by atoms with Crippen LogP contribution in [0.4, 0.5) is 5.82 Å². The number of anilines is 1. The first kappa shape index (κ1) is 5.88. The van der Waals surface area contributed by atoms with Crippen LogP contribution in [0.2, 0.25) is 0 Å². The van der Waals surface area contributed by atoms with Gasteiger partial charge in [0.2, 0.25) is 0 Å². The lowest BCUT2D eigenvalue weighted by molar-refractivity contribution is -0.590. The minimum Gasteiger partial charge on any atom is -0.711 e. The summed E-state index contributed by atoms with van der Waals surface area (Å²) in [5.41, 5.74) is 6.16. The molecule has 1 aromatic heterocycles. The third kappa shape index (κ3) is 1.10. The Hall–Kier alpha value is -1.25. The first-order valence-electron chi connectivity index (χ1n) is 2.65. The topological polar surface area (TPSA) is 53.0 Å². The highest BCUT2D eigenvalue weighted by atomic mass is 16.5. The van der Waals surface area contributed by atoms with Gasteiger partial charge in [-0.05, 0) is 18.6 Å². The maximum atomic E-state index is 10.6. The van der Waals surface area contributed by atoms with Crippen molar-refractivity contribution < 1.29 is 4.73 Å². The molecule has 9 heavy (non-hydrogen) atoms. The molecule has 48 valence electrons. The van der Waals surface area contributed by atoms with Crippen molar-refractivity contribution in [3.05, 3.63) is 29.1 Å². The second-order valence-electron chi connectivity index (χ2n) is 1.96. The van der Waals surface area contributed by atoms with E-state index in [2.05, 4.69) is 0 Å². The number of hydrogen-bond donors (Lipinski definition) is 1. The van der Waals surface area contributed by atoms with Crippen molar-refractivity contribution in [2.24, 2.45) is 0 Å². The molecule has 2 N–H and O–H groups in total. The number of hydrogen-bond acceptors (Lipinski definition) is 2. The van der Waals surface area contributed by atoms with Crippen LogP contribution in [0.15, 0.2) is 18.3 Å². The number of rotatable bonds is 0. The summed E-state index contributed by atoms with van der Waals surface area (Å²) in [6, 6.07) is 3.38. The van der Waals surface area contributed by atoms with Crippen LogP contribution >= 0.6 is 0 Å². The third-order valence-corrected chi connectivity index (χ3v) is 1.09. The molecule has 1 rings (SSSR count). The molecule has 0 saturated carbocycles. The van der Waals surface area contributed by atoms with E-state index in [9.17, 15) is 5.21 Å². The Kier molecular flexibility index (Phi) is 1.26. The molecule has 0 fully saturated rings. The molecule has 0 aliphatic heterocycles. The molecule has 0 aromatic carbocycles. The number of pyridine rings is 1. The van der Waals surface area contributed by atoms with Gasteiger partial charge in [-0.3, -0.25) is 5.73 Å². The fraction of sp³-hybridized carbons (Fsp3) is 0.167. The van der Waals surface area contributed by atoms with E-state index in [1.807, 2.05) is 6.92 Å². The molecule has 0 amide bonds. The summed E-state index contributed by atoms with van der Waals surface area (Å²) >= 11 is 0. The van der Waals surface area contributed by atoms with Gasteiger partial charge in [-0.1, -0.05) is 0 Å². The molecule has 0 radical (unpaired) electrons. The fourth-order valence-corrected chi connectivity index (χ4v) is 0.593.